The van der Waals surface area contributed by atoms with E-state index < -0.39 is 15.1 Å². The Hall–Kier alpha value is -1.11. The summed E-state index contributed by atoms with van der Waals surface area (Å²) in [7, 11) is -3.36. The summed E-state index contributed by atoms with van der Waals surface area (Å²) < 4.78 is 23.0. The highest BCUT2D eigenvalue weighted by molar-refractivity contribution is 7.92. The highest BCUT2D eigenvalue weighted by Gasteiger charge is 2.32. The molecule has 132 valence electrons. The zero-order valence-corrected chi connectivity index (χ0v) is 14.9. The average molecular weight is 344 g/mol. The number of nitrogens with zero attached hydrogens (tertiary/aromatic N) is 1. The molecule has 1 unspecified atom stereocenters. The van der Waals surface area contributed by atoms with E-state index >= 15 is 0 Å². The van der Waals surface area contributed by atoms with Crippen molar-refractivity contribution in [3.63, 3.8) is 0 Å². The van der Waals surface area contributed by atoms with Gasteiger partial charge in [-0.3, -0.25) is 9.59 Å². The number of rotatable bonds is 4. The van der Waals surface area contributed by atoms with Gasteiger partial charge in [0.05, 0.1) is 0 Å². The number of piperidine rings is 1. The van der Waals surface area contributed by atoms with Crippen molar-refractivity contribution in [1.82, 2.24) is 10.2 Å². The van der Waals surface area contributed by atoms with Gasteiger partial charge in [-0.1, -0.05) is 19.3 Å². The van der Waals surface area contributed by atoms with E-state index in [-0.39, 0.29) is 23.8 Å². The molecule has 0 bridgehead atoms. The minimum Gasteiger partial charge on any atom is -0.353 e. The molecule has 0 aromatic carbocycles. The maximum atomic E-state index is 12.3. The molecule has 1 aliphatic heterocycles. The summed E-state index contributed by atoms with van der Waals surface area (Å²) in [5.74, 6) is -0.0304. The zero-order chi connectivity index (χ0) is 17.0. The molecule has 0 aromatic rings. The second-order valence-electron chi connectivity index (χ2n) is 6.91. The van der Waals surface area contributed by atoms with Crippen LogP contribution >= 0.6 is 0 Å². The van der Waals surface area contributed by atoms with Crippen molar-refractivity contribution in [2.24, 2.45) is 5.92 Å². The number of hydrogen-bond donors (Lipinski definition) is 1. The van der Waals surface area contributed by atoms with E-state index in [9.17, 15) is 18.0 Å². The first-order chi connectivity index (χ1) is 10.8. The third kappa shape index (κ3) is 4.93. The molecule has 2 aliphatic rings. The standard InChI is InChI=1S/C16H28N2O4S/c1-12(23(2,21)22)16(20)18-10-8-14(9-11-18)17-15(19)13-6-4-3-5-7-13/h12-14H,3-11H2,1-2H3,(H,17,19). The van der Waals surface area contributed by atoms with Crippen LogP contribution in [0.5, 0.6) is 0 Å². The molecule has 1 saturated heterocycles. The quantitative estimate of drug-likeness (QED) is 0.828. The minimum absolute atomic E-state index is 0.0991. The normalized spacial score (nSPS) is 22.6. The summed E-state index contributed by atoms with van der Waals surface area (Å²) >= 11 is 0. The lowest BCUT2D eigenvalue weighted by atomic mass is 9.88. The third-order valence-corrected chi connectivity index (χ3v) is 6.61. The van der Waals surface area contributed by atoms with E-state index in [0.29, 0.717) is 25.9 Å². The largest absolute Gasteiger partial charge is 0.353 e. The zero-order valence-electron chi connectivity index (χ0n) is 14.1. The van der Waals surface area contributed by atoms with Gasteiger partial charge in [0, 0.05) is 31.3 Å². The smallest absolute Gasteiger partial charge is 0.240 e. The summed E-state index contributed by atoms with van der Waals surface area (Å²) in [6.45, 7) is 2.46. The van der Waals surface area contributed by atoms with E-state index in [0.717, 1.165) is 31.9 Å². The minimum atomic E-state index is -3.36. The van der Waals surface area contributed by atoms with Crippen molar-refractivity contribution in [1.29, 1.82) is 0 Å². The highest BCUT2D eigenvalue weighted by atomic mass is 32.2. The number of hydrogen-bond acceptors (Lipinski definition) is 4. The second-order valence-corrected chi connectivity index (χ2v) is 9.28. The second kappa shape index (κ2) is 7.64. The van der Waals surface area contributed by atoms with E-state index in [1.54, 1.807) is 4.90 Å². The maximum absolute atomic E-state index is 12.3. The molecule has 1 atom stereocenters. The average Bonchev–Trinajstić information content (AvgIpc) is 2.54. The first kappa shape index (κ1) is 18.2. The molecule has 2 fully saturated rings. The Morgan fingerprint density at radius 1 is 1.04 bits per heavy atom. The molecule has 1 heterocycles. The predicted molar refractivity (Wildman–Crippen MR) is 88.6 cm³/mol. The van der Waals surface area contributed by atoms with Gasteiger partial charge >= 0.3 is 0 Å². The van der Waals surface area contributed by atoms with Crippen molar-refractivity contribution >= 4 is 21.7 Å². The molecule has 0 aromatic heterocycles. The van der Waals surface area contributed by atoms with E-state index in [1.807, 2.05) is 0 Å². The van der Waals surface area contributed by atoms with Gasteiger partial charge in [-0.15, -0.1) is 0 Å². The van der Waals surface area contributed by atoms with E-state index in [1.165, 1.54) is 13.3 Å². The van der Waals surface area contributed by atoms with Crippen molar-refractivity contribution < 1.29 is 18.0 Å². The van der Waals surface area contributed by atoms with E-state index in [2.05, 4.69) is 5.32 Å². The molecule has 1 saturated carbocycles. The van der Waals surface area contributed by atoms with Crippen LogP contribution < -0.4 is 5.32 Å². The first-order valence-corrected chi connectivity index (χ1v) is 10.5. The Morgan fingerprint density at radius 3 is 2.13 bits per heavy atom. The van der Waals surface area contributed by atoms with Crippen LogP contribution in [0.15, 0.2) is 0 Å². The van der Waals surface area contributed by atoms with Gasteiger partial charge in [-0.05, 0) is 32.6 Å². The Bertz CT molecular complexity index is 532. The van der Waals surface area contributed by atoms with Gasteiger partial charge < -0.3 is 10.2 Å². The topological polar surface area (TPSA) is 83.6 Å². The van der Waals surface area contributed by atoms with Crippen LogP contribution in [0.1, 0.15) is 51.9 Å². The summed E-state index contributed by atoms with van der Waals surface area (Å²) in [4.78, 5) is 26.0. The van der Waals surface area contributed by atoms with Crippen LogP contribution in [0.2, 0.25) is 0 Å². The lowest BCUT2D eigenvalue weighted by Crippen LogP contribution is -2.50. The van der Waals surface area contributed by atoms with Crippen LogP contribution in [0.3, 0.4) is 0 Å². The van der Waals surface area contributed by atoms with Gasteiger partial charge in [-0.2, -0.15) is 0 Å². The fourth-order valence-corrected chi connectivity index (χ4v) is 3.88. The highest BCUT2D eigenvalue weighted by Crippen LogP contribution is 2.24. The van der Waals surface area contributed by atoms with Crippen LogP contribution in [-0.2, 0) is 19.4 Å². The van der Waals surface area contributed by atoms with Crippen molar-refractivity contribution in [2.75, 3.05) is 19.3 Å². The molecule has 7 heteroatoms. The van der Waals surface area contributed by atoms with Gasteiger partial charge in [0.25, 0.3) is 0 Å². The van der Waals surface area contributed by atoms with E-state index in [4.69, 9.17) is 0 Å². The van der Waals surface area contributed by atoms with Crippen molar-refractivity contribution in [3.8, 4) is 0 Å². The number of carbonyl (C=O) groups excluding carboxylic acids is 2. The lowest BCUT2D eigenvalue weighted by Gasteiger charge is -2.34. The monoisotopic (exact) mass is 344 g/mol. The van der Waals surface area contributed by atoms with Crippen molar-refractivity contribution in [2.45, 2.75) is 63.2 Å². The predicted octanol–water partition coefficient (Wildman–Crippen LogP) is 1.11. The molecule has 1 N–H and O–H groups in total. The third-order valence-electron chi connectivity index (χ3n) is 5.12. The molecule has 1 aliphatic carbocycles. The summed E-state index contributed by atoms with van der Waals surface area (Å²) in [6.07, 6.45) is 7.93. The molecule has 0 radical (unpaired) electrons. The SMILES string of the molecule is CC(C(=O)N1CCC(NC(=O)C2CCCCC2)CC1)S(C)(=O)=O. The molecule has 6 nitrogen and oxygen atoms in total. The fourth-order valence-electron chi connectivity index (χ4n) is 3.37. The Morgan fingerprint density at radius 2 is 1.61 bits per heavy atom. The number of amides is 2. The van der Waals surface area contributed by atoms with Gasteiger partial charge in [0.2, 0.25) is 11.8 Å². The number of sulfone groups is 1. The maximum Gasteiger partial charge on any atom is 0.240 e. The first-order valence-electron chi connectivity index (χ1n) is 8.57. The van der Waals surface area contributed by atoms with Crippen molar-refractivity contribution in [3.05, 3.63) is 0 Å². The van der Waals surface area contributed by atoms with Gasteiger partial charge in [0.15, 0.2) is 9.84 Å². The summed E-state index contributed by atoms with van der Waals surface area (Å²) in [5.41, 5.74) is 0. The summed E-state index contributed by atoms with van der Waals surface area (Å²) in [6, 6.07) is 0.0991. The Kier molecular flexibility index (Phi) is 6.06. The van der Waals surface area contributed by atoms with Crippen LogP contribution in [0.25, 0.3) is 0 Å². The van der Waals surface area contributed by atoms with Crippen LogP contribution in [-0.4, -0.2) is 55.8 Å². The molecule has 23 heavy (non-hydrogen) atoms. The Labute approximate surface area is 138 Å². The Balaban J connectivity index is 1.79. The summed E-state index contributed by atoms with van der Waals surface area (Å²) in [5, 5.41) is 2.12. The number of carbonyl (C=O) groups is 2. The number of nitrogens with one attached hydrogen (secondary N) is 1. The lowest BCUT2D eigenvalue weighted by molar-refractivity contribution is -0.131. The fraction of sp³-hybridized carbons (Fsp3) is 0.875. The molecular weight excluding hydrogens is 316 g/mol. The molecule has 0 spiro atoms. The van der Waals surface area contributed by atoms with Crippen LogP contribution in [0.4, 0.5) is 0 Å². The molecule has 2 amide bonds. The van der Waals surface area contributed by atoms with Crippen LogP contribution in [0, 0.1) is 5.92 Å². The van der Waals surface area contributed by atoms with Gasteiger partial charge in [-0.25, -0.2) is 8.42 Å². The molecular formula is C16H28N2O4S. The van der Waals surface area contributed by atoms with Gasteiger partial charge in [0.1, 0.15) is 5.25 Å². The number of likely N-dealkylation sites (tertiary alicyclic amines) is 1. The molecule has 2 rings (SSSR count).